The zero-order valence-electron chi connectivity index (χ0n) is 54.4. The second-order valence-corrected chi connectivity index (χ2v) is 21.9. The summed E-state index contributed by atoms with van der Waals surface area (Å²) in [6.07, 6.45) is -39.2. The van der Waals surface area contributed by atoms with Crippen molar-refractivity contribution in [2.75, 3.05) is 26.4 Å². The number of esters is 13. The fourth-order valence-corrected chi connectivity index (χ4v) is 10.6. The van der Waals surface area contributed by atoms with Crippen molar-refractivity contribution in [2.45, 2.75) is 220 Å². The number of hydrogen-bond acceptors (Lipinski definition) is 36. The summed E-state index contributed by atoms with van der Waals surface area (Å²) in [6, 6.07) is 5.54. The third kappa shape index (κ3) is 21.3. The summed E-state index contributed by atoms with van der Waals surface area (Å²) in [6.45, 7) is 10.6. The second-order valence-electron chi connectivity index (χ2n) is 21.9. The summed E-state index contributed by atoms with van der Waals surface area (Å²) in [5.74, 6) is -13.6. The SMILES string of the molecule is CC(=O)OCC1OC(OC2C(COC(C)=O)OC(OC3C(COC(C)=O)OC(OC4C(COC(C)=O)OC(Oc5ccc6c(C)cc(=O)oc6c5)C(OC(C)=O)C4OC(C)=O)C(OC(C)=O)C3OC(C)=O)C(OC(C)=O)C2OC(C)=O)C(OC(C)=O)C(OC(C)=O)C1OC(C)=O. The van der Waals surface area contributed by atoms with Crippen LogP contribution in [0.5, 0.6) is 5.75 Å². The molecule has 4 aliphatic rings. The summed E-state index contributed by atoms with van der Waals surface area (Å²) in [5, 5.41) is 0.500. The first-order chi connectivity index (χ1) is 45.1. The van der Waals surface area contributed by atoms with Gasteiger partial charge >= 0.3 is 83.2 Å². The van der Waals surface area contributed by atoms with Gasteiger partial charge in [0.15, 0.2) is 67.7 Å². The van der Waals surface area contributed by atoms with E-state index in [9.17, 15) is 67.1 Å². The Balaban J connectivity index is 1.50. The average Bonchev–Trinajstić information content (AvgIpc) is 0.766. The predicted molar refractivity (Wildman–Crippen MR) is 304 cm³/mol. The van der Waals surface area contributed by atoms with Crippen molar-refractivity contribution in [2.24, 2.45) is 0 Å². The van der Waals surface area contributed by atoms with Crippen molar-refractivity contribution in [3.8, 4) is 5.75 Å². The van der Waals surface area contributed by atoms with Gasteiger partial charge in [-0.05, 0) is 24.6 Å². The minimum absolute atomic E-state index is 0.0509. The summed E-state index contributed by atoms with van der Waals surface area (Å²) in [7, 11) is 0. The second kappa shape index (κ2) is 34.1. The zero-order valence-corrected chi connectivity index (χ0v) is 54.4. The van der Waals surface area contributed by atoms with Gasteiger partial charge in [-0.1, -0.05) is 0 Å². The molecule has 36 nitrogen and oxygen atoms in total. The number of carbonyl (C=O) groups is 13. The van der Waals surface area contributed by atoms with E-state index in [1.165, 1.54) is 24.3 Å². The third-order valence-corrected chi connectivity index (χ3v) is 13.9. The molecule has 4 saturated heterocycles. The smallest absolute Gasteiger partial charge is 0.336 e. The van der Waals surface area contributed by atoms with E-state index in [0.717, 1.165) is 90.0 Å². The van der Waals surface area contributed by atoms with Crippen LogP contribution in [0.25, 0.3) is 11.0 Å². The lowest BCUT2D eigenvalue weighted by atomic mass is 9.94. The minimum atomic E-state index is -2.24. The molecule has 0 amide bonds. The van der Waals surface area contributed by atoms with E-state index in [0.29, 0.717) is 10.9 Å². The molecule has 96 heavy (non-hydrogen) atoms. The van der Waals surface area contributed by atoms with Gasteiger partial charge in [0.1, 0.15) is 80.5 Å². The standard InChI is InChI=1S/C60H74O36/c1-23-17-44(74)89-39-18-37(15-16-38(23)39)88-57-53(84-33(11)70)50(81-30(8)67)46(41(90-57)20-76-25(3)62)94-59-55(86-35(13)72)52(83-32(10)69)48(43(92-59)22-78-27(5)64)96-60-56(87-36(14)73)51(82-31(9)68)47(42(93-60)21-77-26(4)63)95-58-54(85-34(12)71)49(80-29(7)66)45(79-28(6)65)40(91-58)19-75-24(2)61/h15-18,40-43,45-60H,19-22H2,1-14H3. The molecule has 0 N–H and O–H groups in total. The molecular weight excluding hydrogens is 1300 g/mol. The van der Waals surface area contributed by atoms with Gasteiger partial charge in [-0.25, -0.2) is 4.79 Å². The van der Waals surface area contributed by atoms with Gasteiger partial charge in [0.05, 0.1) is 0 Å². The molecule has 20 atom stereocenters. The Morgan fingerprint density at radius 1 is 0.323 bits per heavy atom. The van der Waals surface area contributed by atoms with E-state index in [2.05, 4.69) is 0 Å². The van der Waals surface area contributed by atoms with Crippen molar-refractivity contribution >= 4 is 88.6 Å². The first-order valence-electron chi connectivity index (χ1n) is 29.5. The highest BCUT2D eigenvalue weighted by atomic mass is 16.8. The maximum atomic E-state index is 13.5. The summed E-state index contributed by atoms with van der Waals surface area (Å²) < 4.78 is 129. The van der Waals surface area contributed by atoms with Crippen molar-refractivity contribution < 1.29 is 166 Å². The van der Waals surface area contributed by atoms with Crippen molar-refractivity contribution in [1.29, 1.82) is 0 Å². The van der Waals surface area contributed by atoms with Gasteiger partial charge in [-0.15, -0.1) is 0 Å². The molecule has 4 fully saturated rings. The third-order valence-electron chi connectivity index (χ3n) is 13.9. The molecule has 1 aromatic carbocycles. The van der Waals surface area contributed by atoms with Crippen LogP contribution in [0.4, 0.5) is 0 Å². The van der Waals surface area contributed by atoms with Crippen LogP contribution in [-0.4, -0.2) is 227 Å². The fourth-order valence-electron chi connectivity index (χ4n) is 10.6. The number of aryl methyl sites for hydroxylation is 1. The highest BCUT2D eigenvalue weighted by molar-refractivity contribution is 5.81. The van der Waals surface area contributed by atoms with Crippen molar-refractivity contribution in [3.05, 3.63) is 40.2 Å². The highest BCUT2D eigenvalue weighted by Crippen LogP contribution is 2.41. The van der Waals surface area contributed by atoms with E-state index in [1.54, 1.807) is 6.92 Å². The van der Waals surface area contributed by atoms with Gasteiger partial charge in [0, 0.05) is 108 Å². The maximum Gasteiger partial charge on any atom is 0.336 e. The van der Waals surface area contributed by atoms with Crippen LogP contribution in [0.2, 0.25) is 0 Å². The number of benzene rings is 1. The fraction of sp³-hybridized carbons (Fsp3) is 0.633. The Kier molecular flexibility index (Phi) is 27.1. The van der Waals surface area contributed by atoms with Gasteiger partial charge in [-0.2, -0.15) is 0 Å². The molecule has 0 bridgehead atoms. The quantitative estimate of drug-likeness (QED) is 0.0726. The Hall–Kier alpha value is -8.94. The first-order valence-corrected chi connectivity index (χ1v) is 29.5. The normalized spacial score (nSPS) is 30.1. The molecule has 20 unspecified atom stereocenters. The predicted octanol–water partition coefficient (Wildman–Crippen LogP) is 0.173. The number of rotatable bonds is 25. The van der Waals surface area contributed by atoms with Crippen LogP contribution in [-0.2, 0) is 157 Å². The van der Waals surface area contributed by atoms with Crippen LogP contribution in [0.3, 0.4) is 0 Å². The number of fused-ring (bicyclic) bond motifs is 1. The van der Waals surface area contributed by atoms with E-state index in [1.807, 2.05) is 0 Å². The molecular formula is C60H74O36. The molecule has 0 radical (unpaired) electrons. The van der Waals surface area contributed by atoms with E-state index in [-0.39, 0.29) is 11.3 Å². The number of carbonyl (C=O) groups excluding carboxylic acids is 13. The van der Waals surface area contributed by atoms with Crippen LogP contribution < -0.4 is 10.4 Å². The molecule has 4 aliphatic heterocycles. The zero-order chi connectivity index (χ0) is 71.2. The molecule has 0 saturated carbocycles. The number of ether oxygens (including phenoxy) is 21. The largest absolute Gasteiger partial charge is 0.463 e. The monoisotopic (exact) mass is 1370 g/mol. The molecule has 2 aromatic rings. The Bertz CT molecular complexity index is 3270. The lowest BCUT2D eigenvalue weighted by Crippen LogP contribution is -2.69. The maximum absolute atomic E-state index is 13.5. The lowest BCUT2D eigenvalue weighted by Gasteiger charge is -2.51. The van der Waals surface area contributed by atoms with Crippen LogP contribution >= 0.6 is 0 Å². The first kappa shape index (κ1) is 76.1. The van der Waals surface area contributed by atoms with Crippen molar-refractivity contribution in [3.63, 3.8) is 0 Å². The number of hydrogen-bond donors (Lipinski definition) is 0. The molecule has 530 valence electrons. The van der Waals surface area contributed by atoms with E-state index in [4.69, 9.17) is 104 Å². The Labute approximate surface area is 545 Å². The summed E-state index contributed by atoms with van der Waals surface area (Å²) in [5.41, 5.74) is -0.115. The van der Waals surface area contributed by atoms with E-state index >= 15 is 0 Å². The lowest BCUT2D eigenvalue weighted by molar-refractivity contribution is -0.387. The molecule has 1 aromatic heterocycles. The van der Waals surface area contributed by atoms with Crippen LogP contribution in [0.15, 0.2) is 33.5 Å². The summed E-state index contributed by atoms with van der Waals surface area (Å²) in [4.78, 5) is 181. The van der Waals surface area contributed by atoms with Gasteiger partial charge in [0.2, 0.25) is 12.4 Å². The highest BCUT2D eigenvalue weighted by Gasteiger charge is 2.62. The summed E-state index contributed by atoms with van der Waals surface area (Å²) >= 11 is 0. The molecule has 6 rings (SSSR count). The average molecular weight is 1370 g/mol. The molecule has 0 aliphatic carbocycles. The van der Waals surface area contributed by atoms with Gasteiger partial charge < -0.3 is 104 Å². The topological polar surface area (TPSA) is 446 Å². The minimum Gasteiger partial charge on any atom is -0.463 e. The van der Waals surface area contributed by atoms with Crippen molar-refractivity contribution in [1.82, 2.24) is 0 Å². The van der Waals surface area contributed by atoms with Gasteiger partial charge in [-0.3, -0.25) is 62.3 Å². The van der Waals surface area contributed by atoms with Crippen LogP contribution in [0, 0.1) is 6.92 Å². The Morgan fingerprint density at radius 3 is 0.885 bits per heavy atom. The van der Waals surface area contributed by atoms with Crippen LogP contribution in [0.1, 0.15) is 95.6 Å². The Morgan fingerprint density at radius 2 is 0.583 bits per heavy atom. The van der Waals surface area contributed by atoms with Gasteiger partial charge in [0.25, 0.3) is 0 Å². The molecule has 0 spiro atoms. The molecule has 5 heterocycles. The molecule has 36 heteroatoms. The van der Waals surface area contributed by atoms with E-state index < -0.39 is 232 Å².